The second kappa shape index (κ2) is 3.01. The summed E-state index contributed by atoms with van der Waals surface area (Å²) in [5, 5.41) is 1.09. The molecule has 0 N–H and O–H groups in total. The van der Waals surface area contributed by atoms with Crippen molar-refractivity contribution in [1.29, 1.82) is 0 Å². The molecule has 66 valence electrons. The van der Waals surface area contributed by atoms with Crippen LogP contribution >= 0.6 is 11.5 Å². The molecule has 1 atom stereocenters. The van der Waals surface area contributed by atoms with E-state index < -0.39 is 0 Å². The molecular formula is C8H13N3S. The van der Waals surface area contributed by atoms with Crippen LogP contribution in [0.2, 0.25) is 0 Å². The predicted molar refractivity (Wildman–Crippen MR) is 50.6 cm³/mol. The molecule has 0 aliphatic carbocycles. The summed E-state index contributed by atoms with van der Waals surface area (Å²) in [6.45, 7) is 6.53. The van der Waals surface area contributed by atoms with E-state index in [-0.39, 0.29) is 0 Å². The van der Waals surface area contributed by atoms with Crippen molar-refractivity contribution in [2.24, 2.45) is 5.92 Å². The first-order valence-electron chi connectivity index (χ1n) is 4.31. The molecule has 2 heterocycles. The van der Waals surface area contributed by atoms with Gasteiger partial charge >= 0.3 is 0 Å². The van der Waals surface area contributed by atoms with Crippen LogP contribution in [0.3, 0.4) is 0 Å². The average molecular weight is 183 g/mol. The Labute approximate surface area is 76.6 Å². The molecule has 0 bridgehead atoms. The maximum atomic E-state index is 4.36. The summed E-state index contributed by atoms with van der Waals surface area (Å²) in [5.74, 6) is 1.71. The van der Waals surface area contributed by atoms with Crippen LogP contribution in [-0.4, -0.2) is 22.4 Å². The van der Waals surface area contributed by atoms with E-state index in [0.29, 0.717) is 0 Å². The van der Waals surface area contributed by atoms with Crippen LogP contribution in [0.25, 0.3) is 0 Å². The fourth-order valence-electron chi connectivity index (χ4n) is 1.52. The van der Waals surface area contributed by atoms with Crippen molar-refractivity contribution < 1.29 is 0 Å². The second-order valence-corrected chi connectivity index (χ2v) is 4.19. The van der Waals surface area contributed by atoms with Gasteiger partial charge in [0.2, 0.25) is 5.13 Å². The van der Waals surface area contributed by atoms with E-state index in [9.17, 15) is 0 Å². The molecule has 12 heavy (non-hydrogen) atoms. The maximum absolute atomic E-state index is 4.36. The monoisotopic (exact) mass is 183 g/mol. The van der Waals surface area contributed by atoms with Crippen LogP contribution in [0.15, 0.2) is 0 Å². The van der Waals surface area contributed by atoms with Gasteiger partial charge in [-0.15, -0.1) is 0 Å². The maximum Gasteiger partial charge on any atom is 0.205 e. The normalized spacial score (nSPS) is 23.5. The molecule has 1 aromatic rings. The minimum Gasteiger partial charge on any atom is -0.347 e. The van der Waals surface area contributed by atoms with Crippen LogP contribution < -0.4 is 4.90 Å². The van der Waals surface area contributed by atoms with E-state index >= 15 is 0 Å². The van der Waals surface area contributed by atoms with Gasteiger partial charge in [0.1, 0.15) is 5.82 Å². The summed E-state index contributed by atoms with van der Waals surface area (Å²) in [4.78, 5) is 6.69. The molecule has 3 nitrogen and oxygen atoms in total. The Morgan fingerprint density at radius 3 is 2.92 bits per heavy atom. The molecule has 2 rings (SSSR count). The minimum absolute atomic E-state index is 0.814. The van der Waals surface area contributed by atoms with E-state index in [1.165, 1.54) is 18.0 Å². The zero-order valence-electron chi connectivity index (χ0n) is 7.45. The largest absolute Gasteiger partial charge is 0.347 e. The van der Waals surface area contributed by atoms with Crippen LogP contribution in [0.4, 0.5) is 5.13 Å². The molecule has 1 fully saturated rings. The number of anilines is 1. The quantitative estimate of drug-likeness (QED) is 0.663. The summed E-state index contributed by atoms with van der Waals surface area (Å²) < 4.78 is 4.18. The summed E-state index contributed by atoms with van der Waals surface area (Å²) in [6, 6.07) is 0. The van der Waals surface area contributed by atoms with Crippen LogP contribution in [0.5, 0.6) is 0 Å². The number of aryl methyl sites for hydroxylation is 1. The number of hydrogen-bond acceptors (Lipinski definition) is 4. The Morgan fingerprint density at radius 2 is 2.42 bits per heavy atom. The first-order valence-corrected chi connectivity index (χ1v) is 5.08. The van der Waals surface area contributed by atoms with Crippen molar-refractivity contribution in [2.45, 2.75) is 20.3 Å². The number of rotatable bonds is 1. The molecule has 4 heteroatoms. The van der Waals surface area contributed by atoms with Crippen molar-refractivity contribution in [3.8, 4) is 0 Å². The fourth-order valence-corrected chi connectivity index (χ4v) is 2.23. The first-order chi connectivity index (χ1) is 5.75. The summed E-state index contributed by atoms with van der Waals surface area (Å²) >= 11 is 1.51. The van der Waals surface area contributed by atoms with Crippen molar-refractivity contribution in [1.82, 2.24) is 9.36 Å². The number of hydrogen-bond donors (Lipinski definition) is 0. The zero-order valence-corrected chi connectivity index (χ0v) is 8.27. The molecule has 0 saturated carbocycles. The third-order valence-corrected chi connectivity index (χ3v) is 3.08. The second-order valence-electron chi connectivity index (χ2n) is 3.46. The lowest BCUT2D eigenvalue weighted by Gasteiger charge is -2.12. The van der Waals surface area contributed by atoms with E-state index in [1.807, 2.05) is 6.92 Å². The lowest BCUT2D eigenvalue weighted by molar-refractivity contribution is 0.659. The standard InChI is InChI=1S/C8H13N3S/c1-6-3-4-11(5-6)8-9-7(2)10-12-8/h6H,3-5H2,1-2H3. The first kappa shape index (κ1) is 7.98. The van der Waals surface area contributed by atoms with Gasteiger partial charge in [-0.1, -0.05) is 6.92 Å². The van der Waals surface area contributed by atoms with E-state index in [0.717, 1.165) is 30.0 Å². The molecule has 0 spiro atoms. The van der Waals surface area contributed by atoms with Gasteiger partial charge in [-0.25, -0.2) is 4.98 Å². The molecule has 0 radical (unpaired) electrons. The highest BCUT2D eigenvalue weighted by atomic mass is 32.1. The van der Waals surface area contributed by atoms with Gasteiger partial charge in [0.05, 0.1) is 0 Å². The van der Waals surface area contributed by atoms with Gasteiger partial charge in [-0.05, 0) is 19.3 Å². The van der Waals surface area contributed by atoms with E-state index in [1.54, 1.807) is 0 Å². The van der Waals surface area contributed by atoms with Crippen LogP contribution in [0, 0.1) is 12.8 Å². The highest BCUT2D eigenvalue weighted by Gasteiger charge is 2.21. The smallest absolute Gasteiger partial charge is 0.205 e. The van der Waals surface area contributed by atoms with Crippen molar-refractivity contribution >= 4 is 16.7 Å². The van der Waals surface area contributed by atoms with E-state index in [4.69, 9.17) is 0 Å². The Kier molecular flexibility index (Phi) is 2.00. The molecule has 1 unspecified atom stereocenters. The molecule has 1 aliphatic rings. The Balaban J connectivity index is 2.11. The van der Waals surface area contributed by atoms with E-state index in [2.05, 4.69) is 21.2 Å². The highest BCUT2D eigenvalue weighted by molar-refractivity contribution is 7.09. The van der Waals surface area contributed by atoms with Crippen molar-refractivity contribution in [2.75, 3.05) is 18.0 Å². The fraction of sp³-hybridized carbons (Fsp3) is 0.750. The van der Waals surface area contributed by atoms with Crippen LogP contribution in [0.1, 0.15) is 19.2 Å². The third-order valence-electron chi connectivity index (χ3n) is 2.21. The minimum atomic E-state index is 0.814. The van der Waals surface area contributed by atoms with Gasteiger partial charge in [0.15, 0.2) is 0 Å². The predicted octanol–water partition coefficient (Wildman–Crippen LogP) is 1.69. The van der Waals surface area contributed by atoms with Gasteiger partial charge in [-0.3, -0.25) is 0 Å². The summed E-state index contributed by atoms with van der Waals surface area (Å²) in [5.41, 5.74) is 0. The average Bonchev–Trinajstić information content (AvgIpc) is 2.58. The summed E-state index contributed by atoms with van der Waals surface area (Å²) in [7, 11) is 0. The molecular weight excluding hydrogens is 170 g/mol. The van der Waals surface area contributed by atoms with Crippen molar-refractivity contribution in [3.05, 3.63) is 5.82 Å². The van der Waals surface area contributed by atoms with Gasteiger partial charge in [0.25, 0.3) is 0 Å². The highest BCUT2D eigenvalue weighted by Crippen LogP contribution is 2.24. The molecule has 0 amide bonds. The summed E-state index contributed by atoms with van der Waals surface area (Å²) in [6.07, 6.45) is 1.29. The van der Waals surface area contributed by atoms with Gasteiger partial charge < -0.3 is 4.90 Å². The molecule has 1 aliphatic heterocycles. The Morgan fingerprint density at radius 1 is 1.58 bits per heavy atom. The lowest BCUT2D eigenvalue weighted by atomic mass is 10.2. The number of nitrogens with zero attached hydrogens (tertiary/aromatic N) is 3. The zero-order chi connectivity index (χ0) is 8.55. The SMILES string of the molecule is Cc1nsc(N2CCC(C)C2)n1. The van der Waals surface area contributed by atoms with Gasteiger partial charge in [0, 0.05) is 24.6 Å². The third kappa shape index (κ3) is 1.43. The Bertz CT molecular complexity index is 271. The van der Waals surface area contributed by atoms with Crippen LogP contribution in [-0.2, 0) is 0 Å². The molecule has 1 saturated heterocycles. The topological polar surface area (TPSA) is 29.0 Å². The molecule has 0 aromatic carbocycles. The molecule has 1 aromatic heterocycles. The lowest BCUT2D eigenvalue weighted by Crippen LogP contribution is -2.18. The number of aromatic nitrogens is 2. The van der Waals surface area contributed by atoms with Crippen molar-refractivity contribution in [3.63, 3.8) is 0 Å². The van der Waals surface area contributed by atoms with Gasteiger partial charge in [-0.2, -0.15) is 4.37 Å². The Hall–Kier alpha value is -0.640.